The van der Waals surface area contributed by atoms with Gasteiger partial charge in [0, 0.05) is 16.8 Å². The third-order valence-electron chi connectivity index (χ3n) is 3.81. The Kier molecular flexibility index (Phi) is 6.12. The van der Waals surface area contributed by atoms with Crippen molar-refractivity contribution in [1.82, 2.24) is 0 Å². The van der Waals surface area contributed by atoms with E-state index in [1.165, 1.54) is 0 Å². The van der Waals surface area contributed by atoms with Crippen molar-refractivity contribution in [2.75, 3.05) is 11.9 Å². The summed E-state index contributed by atoms with van der Waals surface area (Å²) < 4.78 is 5.83. The van der Waals surface area contributed by atoms with E-state index in [9.17, 15) is 0 Å². The first-order chi connectivity index (χ1) is 12.9. The molecule has 0 aromatic heterocycles. The number of ether oxygens (including phenoxy) is 1. The van der Waals surface area contributed by atoms with Gasteiger partial charge in [0.1, 0.15) is 18.4 Å². The first-order valence-corrected chi connectivity index (χ1v) is 8.57. The second kappa shape index (κ2) is 9.15. The summed E-state index contributed by atoms with van der Waals surface area (Å²) in [6.07, 6.45) is 1.74. The van der Waals surface area contributed by atoms with E-state index in [1.807, 2.05) is 84.9 Å². The lowest BCUT2D eigenvalue weighted by atomic mass is 10.0. The van der Waals surface area contributed by atoms with Gasteiger partial charge in [-0.05, 0) is 30.3 Å². The Morgan fingerprint density at radius 1 is 0.885 bits per heavy atom. The van der Waals surface area contributed by atoms with Gasteiger partial charge in [0.2, 0.25) is 0 Å². The highest BCUT2D eigenvalue weighted by atomic mass is 16.5. The third kappa shape index (κ3) is 4.78. The standard InChI is InChI=1S/C24H21NO/c1-2-19-26-24-16-10-9-15-22(24)23(25-21-13-7-4-8-14-21)18-17-20-11-5-3-6-12-20/h2-16,23,25H,1,19H2. The van der Waals surface area contributed by atoms with E-state index in [2.05, 4.69) is 23.7 Å². The van der Waals surface area contributed by atoms with Crippen LogP contribution in [0.2, 0.25) is 0 Å². The third-order valence-corrected chi connectivity index (χ3v) is 3.81. The molecule has 26 heavy (non-hydrogen) atoms. The van der Waals surface area contributed by atoms with Gasteiger partial charge < -0.3 is 10.1 Å². The number of rotatable bonds is 6. The molecule has 2 nitrogen and oxygen atoms in total. The molecule has 3 aromatic carbocycles. The summed E-state index contributed by atoms with van der Waals surface area (Å²) in [4.78, 5) is 0. The van der Waals surface area contributed by atoms with Gasteiger partial charge in [-0.2, -0.15) is 0 Å². The van der Waals surface area contributed by atoms with Crippen LogP contribution in [0, 0.1) is 11.8 Å². The fourth-order valence-corrected chi connectivity index (χ4v) is 2.57. The van der Waals surface area contributed by atoms with Crippen LogP contribution >= 0.6 is 0 Å². The Morgan fingerprint density at radius 2 is 1.54 bits per heavy atom. The molecular formula is C24H21NO. The molecule has 0 bridgehead atoms. The number of anilines is 1. The average Bonchev–Trinajstić information content (AvgIpc) is 2.71. The zero-order valence-corrected chi connectivity index (χ0v) is 14.6. The molecule has 0 spiro atoms. The Balaban J connectivity index is 1.95. The lowest BCUT2D eigenvalue weighted by molar-refractivity contribution is 0.359. The predicted molar refractivity (Wildman–Crippen MR) is 108 cm³/mol. The molecule has 0 heterocycles. The van der Waals surface area contributed by atoms with E-state index in [4.69, 9.17) is 4.74 Å². The van der Waals surface area contributed by atoms with Gasteiger partial charge in [-0.3, -0.25) is 0 Å². The van der Waals surface area contributed by atoms with Crippen molar-refractivity contribution in [1.29, 1.82) is 0 Å². The van der Waals surface area contributed by atoms with Crippen LogP contribution in [-0.2, 0) is 0 Å². The van der Waals surface area contributed by atoms with Crippen LogP contribution in [0.3, 0.4) is 0 Å². The Labute approximate surface area is 155 Å². The number of hydrogen-bond donors (Lipinski definition) is 1. The van der Waals surface area contributed by atoms with Gasteiger partial charge in [0.25, 0.3) is 0 Å². The van der Waals surface area contributed by atoms with Gasteiger partial charge in [-0.1, -0.05) is 79.1 Å². The highest BCUT2D eigenvalue weighted by Gasteiger charge is 2.14. The van der Waals surface area contributed by atoms with Crippen LogP contribution in [0.4, 0.5) is 5.69 Å². The van der Waals surface area contributed by atoms with E-state index in [1.54, 1.807) is 6.08 Å². The lowest BCUT2D eigenvalue weighted by Gasteiger charge is -2.18. The monoisotopic (exact) mass is 339 g/mol. The summed E-state index contributed by atoms with van der Waals surface area (Å²) in [7, 11) is 0. The van der Waals surface area contributed by atoms with Crippen molar-refractivity contribution in [3.8, 4) is 17.6 Å². The van der Waals surface area contributed by atoms with Gasteiger partial charge in [0.15, 0.2) is 0 Å². The normalized spacial score (nSPS) is 10.9. The predicted octanol–water partition coefficient (Wildman–Crippen LogP) is 5.46. The topological polar surface area (TPSA) is 21.3 Å². The summed E-state index contributed by atoms with van der Waals surface area (Å²) in [6.45, 7) is 4.18. The van der Waals surface area contributed by atoms with Crippen LogP contribution in [-0.4, -0.2) is 6.61 Å². The molecular weight excluding hydrogens is 318 g/mol. The molecule has 0 aliphatic carbocycles. The smallest absolute Gasteiger partial charge is 0.126 e. The van der Waals surface area contributed by atoms with Gasteiger partial charge in [-0.15, -0.1) is 0 Å². The summed E-state index contributed by atoms with van der Waals surface area (Å²) in [5, 5.41) is 3.50. The molecule has 128 valence electrons. The summed E-state index contributed by atoms with van der Waals surface area (Å²) in [5.74, 6) is 7.42. The van der Waals surface area contributed by atoms with Crippen LogP contribution < -0.4 is 10.1 Å². The Morgan fingerprint density at radius 3 is 2.27 bits per heavy atom. The number of para-hydroxylation sites is 2. The van der Waals surface area contributed by atoms with Crippen LogP contribution in [0.15, 0.2) is 97.6 Å². The molecule has 1 atom stereocenters. The minimum absolute atomic E-state index is 0.196. The number of hydrogen-bond acceptors (Lipinski definition) is 2. The summed E-state index contributed by atoms with van der Waals surface area (Å²) >= 11 is 0. The van der Waals surface area contributed by atoms with Crippen molar-refractivity contribution < 1.29 is 4.74 Å². The molecule has 1 N–H and O–H groups in total. The summed E-state index contributed by atoms with van der Waals surface area (Å²) in [6, 6.07) is 27.8. The molecule has 3 rings (SSSR count). The van der Waals surface area contributed by atoms with Crippen molar-refractivity contribution >= 4 is 5.69 Å². The maximum absolute atomic E-state index is 5.83. The zero-order valence-electron chi connectivity index (χ0n) is 14.6. The number of nitrogens with one attached hydrogen (secondary N) is 1. The van der Waals surface area contributed by atoms with Crippen LogP contribution in [0.1, 0.15) is 17.2 Å². The average molecular weight is 339 g/mol. The zero-order chi connectivity index (χ0) is 18.0. The van der Waals surface area contributed by atoms with Gasteiger partial charge in [-0.25, -0.2) is 0 Å². The lowest BCUT2D eigenvalue weighted by Crippen LogP contribution is -2.11. The quantitative estimate of drug-likeness (QED) is 0.476. The minimum Gasteiger partial charge on any atom is -0.489 e. The molecule has 2 heteroatoms. The molecule has 0 saturated carbocycles. The second-order valence-corrected chi connectivity index (χ2v) is 5.72. The van der Waals surface area contributed by atoms with Gasteiger partial charge >= 0.3 is 0 Å². The van der Waals surface area contributed by atoms with E-state index in [-0.39, 0.29) is 6.04 Å². The first kappa shape index (κ1) is 17.4. The number of benzene rings is 3. The van der Waals surface area contributed by atoms with Gasteiger partial charge in [0.05, 0.1) is 0 Å². The largest absolute Gasteiger partial charge is 0.489 e. The van der Waals surface area contributed by atoms with Crippen molar-refractivity contribution in [3.63, 3.8) is 0 Å². The Hall–Kier alpha value is -3.44. The first-order valence-electron chi connectivity index (χ1n) is 8.57. The maximum Gasteiger partial charge on any atom is 0.126 e. The molecule has 0 saturated heterocycles. The van der Waals surface area contributed by atoms with Crippen molar-refractivity contribution in [3.05, 3.63) is 109 Å². The van der Waals surface area contributed by atoms with E-state index >= 15 is 0 Å². The molecule has 0 aliphatic rings. The highest BCUT2D eigenvalue weighted by molar-refractivity contribution is 5.52. The molecule has 0 fully saturated rings. The maximum atomic E-state index is 5.83. The molecule has 0 radical (unpaired) electrons. The Bertz CT molecular complexity index is 891. The molecule has 0 amide bonds. The van der Waals surface area contributed by atoms with E-state index < -0.39 is 0 Å². The highest BCUT2D eigenvalue weighted by Crippen LogP contribution is 2.28. The van der Waals surface area contributed by atoms with Crippen molar-refractivity contribution in [2.45, 2.75) is 6.04 Å². The minimum atomic E-state index is -0.196. The van der Waals surface area contributed by atoms with Crippen LogP contribution in [0.5, 0.6) is 5.75 Å². The molecule has 3 aromatic rings. The summed E-state index contributed by atoms with van der Waals surface area (Å²) in [5.41, 5.74) is 3.00. The molecule has 1 unspecified atom stereocenters. The van der Waals surface area contributed by atoms with Crippen LogP contribution in [0.25, 0.3) is 0 Å². The van der Waals surface area contributed by atoms with E-state index in [0.717, 1.165) is 22.6 Å². The van der Waals surface area contributed by atoms with E-state index in [0.29, 0.717) is 6.61 Å². The molecule has 0 aliphatic heterocycles. The SMILES string of the molecule is C=CCOc1ccccc1C(C#Cc1ccccc1)Nc1ccccc1. The fraction of sp³-hybridized carbons (Fsp3) is 0.0833. The second-order valence-electron chi connectivity index (χ2n) is 5.72. The fourth-order valence-electron chi connectivity index (χ4n) is 2.57. The van der Waals surface area contributed by atoms with Crippen molar-refractivity contribution in [2.24, 2.45) is 0 Å².